The number of imidazole rings is 1. The Hall–Kier alpha value is -4.06. The Morgan fingerprint density at radius 3 is 2.47 bits per heavy atom. The number of benzene rings is 3. The van der Waals surface area contributed by atoms with Crippen molar-refractivity contribution < 1.29 is 9.53 Å². The lowest BCUT2D eigenvalue weighted by molar-refractivity contribution is -0.113. The maximum atomic E-state index is 13.6. The number of nitrogens with one attached hydrogen (secondary N) is 2. The van der Waals surface area contributed by atoms with Crippen molar-refractivity contribution in [3.8, 4) is 5.75 Å². The summed E-state index contributed by atoms with van der Waals surface area (Å²) in [6.07, 6.45) is 0. The fourth-order valence-electron chi connectivity index (χ4n) is 4.26. The summed E-state index contributed by atoms with van der Waals surface area (Å²) in [4.78, 5) is 18.4. The first kappa shape index (κ1) is 19.9. The molecule has 0 saturated heterocycles. The van der Waals surface area contributed by atoms with Gasteiger partial charge in [-0.3, -0.25) is 9.36 Å². The zero-order valence-electron chi connectivity index (χ0n) is 18.2. The quantitative estimate of drug-likeness (QED) is 0.468. The molecule has 2 heterocycles. The molecular formula is C26H24N4O2. The lowest BCUT2D eigenvalue weighted by atomic mass is 9.94. The highest BCUT2D eigenvalue weighted by Gasteiger charge is 2.34. The van der Waals surface area contributed by atoms with Crippen LogP contribution in [0.1, 0.15) is 24.1 Å². The van der Waals surface area contributed by atoms with Crippen LogP contribution in [0.3, 0.4) is 0 Å². The summed E-state index contributed by atoms with van der Waals surface area (Å²) in [6.45, 7) is 3.91. The minimum Gasteiger partial charge on any atom is -0.497 e. The number of fused-ring (bicyclic) bond motifs is 3. The van der Waals surface area contributed by atoms with E-state index in [1.165, 1.54) is 0 Å². The van der Waals surface area contributed by atoms with Crippen molar-refractivity contribution in [2.45, 2.75) is 19.9 Å². The van der Waals surface area contributed by atoms with Crippen molar-refractivity contribution in [3.05, 3.63) is 95.2 Å². The average molecular weight is 425 g/mol. The molecule has 0 radical (unpaired) electrons. The zero-order valence-corrected chi connectivity index (χ0v) is 18.2. The molecule has 0 aliphatic carbocycles. The van der Waals surface area contributed by atoms with Gasteiger partial charge in [-0.1, -0.05) is 42.5 Å². The Kier molecular flexibility index (Phi) is 4.90. The number of carbonyl (C=O) groups is 1. The van der Waals surface area contributed by atoms with Gasteiger partial charge in [0.2, 0.25) is 5.95 Å². The molecule has 1 aromatic heterocycles. The van der Waals surface area contributed by atoms with E-state index in [1.807, 2.05) is 86.6 Å². The van der Waals surface area contributed by atoms with E-state index in [0.29, 0.717) is 5.57 Å². The summed E-state index contributed by atoms with van der Waals surface area (Å²) in [5, 5.41) is 6.46. The Morgan fingerprint density at radius 1 is 1.00 bits per heavy atom. The van der Waals surface area contributed by atoms with Crippen LogP contribution in [0.15, 0.2) is 84.1 Å². The van der Waals surface area contributed by atoms with Crippen LogP contribution in [0.4, 0.5) is 11.6 Å². The molecule has 6 heteroatoms. The highest BCUT2D eigenvalue weighted by Crippen LogP contribution is 2.40. The number of rotatable bonds is 4. The summed E-state index contributed by atoms with van der Waals surface area (Å²) in [5.41, 5.74) is 6.05. The minimum absolute atomic E-state index is 0.145. The van der Waals surface area contributed by atoms with Crippen LogP contribution >= 0.6 is 0 Å². The molecule has 1 aliphatic heterocycles. The Labute approximate surface area is 186 Å². The van der Waals surface area contributed by atoms with E-state index in [9.17, 15) is 4.79 Å². The molecule has 0 saturated carbocycles. The molecule has 1 aliphatic rings. The van der Waals surface area contributed by atoms with Gasteiger partial charge in [0.05, 0.1) is 29.8 Å². The summed E-state index contributed by atoms with van der Waals surface area (Å²) in [5.74, 6) is 1.34. The van der Waals surface area contributed by atoms with E-state index in [0.717, 1.165) is 45.2 Å². The van der Waals surface area contributed by atoms with Crippen molar-refractivity contribution in [1.29, 1.82) is 0 Å². The fourth-order valence-corrected chi connectivity index (χ4v) is 4.26. The minimum atomic E-state index is -0.339. The van der Waals surface area contributed by atoms with Crippen molar-refractivity contribution >= 4 is 28.6 Å². The van der Waals surface area contributed by atoms with Gasteiger partial charge in [0, 0.05) is 11.4 Å². The third-order valence-corrected chi connectivity index (χ3v) is 5.90. The SMILES string of the molecule is COc1ccc(C2C(C(=O)Nc3ccccc3C)=C(C)Nc3nc4ccccc4n32)cc1. The maximum absolute atomic E-state index is 13.6. The molecule has 0 bridgehead atoms. The Morgan fingerprint density at radius 2 is 1.72 bits per heavy atom. The molecule has 160 valence electrons. The van der Waals surface area contributed by atoms with Crippen LogP contribution in [-0.4, -0.2) is 22.6 Å². The summed E-state index contributed by atoms with van der Waals surface area (Å²) in [6, 6.07) is 23.3. The number of hydrogen-bond donors (Lipinski definition) is 2. The number of allylic oxidation sites excluding steroid dienone is 1. The number of aryl methyl sites for hydroxylation is 1. The van der Waals surface area contributed by atoms with Gasteiger partial charge in [-0.05, 0) is 55.3 Å². The number of methoxy groups -OCH3 is 1. The number of nitrogens with zero attached hydrogens (tertiary/aromatic N) is 2. The molecule has 1 amide bonds. The normalized spacial score (nSPS) is 15.3. The van der Waals surface area contributed by atoms with Gasteiger partial charge >= 0.3 is 0 Å². The monoisotopic (exact) mass is 424 g/mol. The van der Waals surface area contributed by atoms with Gasteiger partial charge in [-0.15, -0.1) is 0 Å². The molecule has 0 fully saturated rings. The second-order valence-electron chi connectivity index (χ2n) is 7.90. The topological polar surface area (TPSA) is 68.2 Å². The molecule has 1 atom stereocenters. The van der Waals surface area contributed by atoms with Gasteiger partial charge in [0.15, 0.2) is 0 Å². The largest absolute Gasteiger partial charge is 0.497 e. The number of amides is 1. The number of anilines is 2. The molecule has 32 heavy (non-hydrogen) atoms. The smallest absolute Gasteiger partial charge is 0.255 e. The van der Waals surface area contributed by atoms with Gasteiger partial charge in [0.1, 0.15) is 5.75 Å². The summed E-state index contributed by atoms with van der Waals surface area (Å²) < 4.78 is 7.44. The molecule has 4 aromatic rings. The van der Waals surface area contributed by atoms with Gasteiger partial charge < -0.3 is 15.4 Å². The highest BCUT2D eigenvalue weighted by molar-refractivity contribution is 6.06. The van der Waals surface area contributed by atoms with E-state index in [-0.39, 0.29) is 11.9 Å². The first-order chi connectivity index (χ1) is 15.6. The van der Waals surface area contributed by atoms with Crippen LogP contribution in [-0.2, 0) is 4.79 Å². The lowest BCUT2D eigenvalue weighted by Gasteiger charge is -2.31. The molecular weight excluding hydrogens is 400 g/mol. The standard InChI is InChI=1S/C26H24N4O2/c1-16-8-4-5-9-20(16)28-25(31)23-17(2)27-26-29-21-10-6-7-11-22(21)30(26)24(23)18-12-14-19(32-3)15-13-18/h4-15,24H,1-3H3,(H,27,29)(H,28,31). The Bertz CT molecular complexity index is 1350. The van der Waals surface area contributed by atoms with Crippen molar-refractivity contribution in [3.63, 3.8) is 0 Å². The summed E-state index contributed by atoms with van der Waals surface area (Å²) in [7, 11) is 1.64. The maximum Gasteiger partial charge on any atom is 0.255 e. The molecule has 2 N–H and O–H groups in total. The molecule has 1 unspecified atom stereocenters. The van der Waals surface area contributed by atoms with Crippen LogP contribution in [0, 0.1) is 6.92 Å². The van der Waals surface area contributed by atoms with Gasteiger partial charge in [0.25, 0.3) is 5.91 Å². The highest BCUT2D eigenvalue weighted by atomic mass is 16.5. The third kappa shape index (κ3) is 3.30. The average Bonchev–Trinajstić information content (AvgIpc) is 3.17. The van der Waals surface area contributed by atoms with E-state index in [2.05, 4.69) is 15.2 Å². The molecule has 3 aromatic carbocycles. The van der Waals surface area contributed by atoms with E-state index >= 15 is 0 Å². The van der Waals surface area contributed by atoms with Crippen molar-refractivity contribution in [2.24, 2.45) is 0 Å². The van der Waals surface area contributed by atoms with Crippen LogP contribution in [0.25, 0.3) is 11.0 Å². The molecule has 5 rings (SSSR count). The fraction of sp³-hybridized carbons (Fsp3) is 0.154. The van der Waals surface area contributed by atoms with Gasteiger partial charge in [-0.2, -0.15) is 0 Å². The predicted molar refractivity (Wildman–Crippen MR) is 127 cm³/mol. The first-order valence-corrected chi connectivity index (χ1v) is 10.5. The second-order valence-corrected chi connectivity index (χ2v) is 7.90. The van der Waals surface area contributed by atoms with Crippen molar-refractivity contribution in [1.82, 2.24) is 9.55 Å². The predicted octanol–water partition coefficient (Wildman–Crippen LogP) is 5.28. The third-order valence-electron chi connectivity index (χ3n) is 5.90. The van der Waals surface area contributed by atoms with Gasteiger partial charge in [-0.25, -0.2) is 4.98 Å². The van der Waals surface area contributed by atoms with E-state index < -0.39 is 0 Å². The molecule has 6 nitrogen and oxygen atoms in total. The number of hydrogen-bond acceptors (Lipinski definition) is 4. The first-order valence-electron chi connectivity index (χ1n) is 10.5. The van der Waals surface area contributed by atoms with E-state index in [1.54, 1.807) is 7.11 Å². The summed E-state index contributed by atoms with van der Waals surface area (Å²) >= 11 is 0. The number of para-hydroxylation sites is 3. The number of aromatic nitrogens is 2. The Balaban J connectivity index is 1.66. The van der Waals surface area contributed by atoms with Crippen LogP contribution < -0.4 is 15.4 Å². The number of carbonyl (C=O) groups excluding carboxylic acids is 1. The van der Waals surface area contributed by atoms with Crippen LogP contribution in [0.5, 0.6) is 5.75 Å². The second kappa shape index (κ2) is 7.89. The number of ether oxygens (including phenoxy) is 1. The van der Waals surface area contributed by atoms with E-state index in [4.69, 9.17) is 9.72 Å². The van der Waals surface area contributed by atoms with Crippen molar-refractivity contribution in [2.75, 3.05) is 17.7 Å². The lowest BCUT2D eigenvalue weighted by Crippen LogP contribution is -2.31. The van der Waals surface area contributed by atoms with Crippen LogP contribution in [0.2, 0.25) is 0 Å². The zero-order chi connectivity index (χ0) is 22.2. The molecule has 0 spiro atoms.